The number of benzene rings is 2. The third-order valence-electron chi connectivity index (χ3n) is 4.57. The molecule has 1 atom stereocenters. The fraction of sp³-hybridized carbons (Fsp3) is 0.391. The van der Waals surface area contributed by atoms with E-state index in [0.717, 1.165) is 36.1 Å². The van der Waals surface area contributed by atoms with Gasteiger partial charge in [-0.05, 0) is 49.2 Å². The third-order valence-corrected chi connectivity index (χ3v) is 4.57. The maximum atomic E-state index is 11.8. The van der Waals surface area contributed by atoms with E-state index in [1.807, 2.05) is 31.2 Å². The Balaban J connectivity index is 1.60. The van der Waals surface area contributed by atoms with Gasteiger partial charge in [-0.3, -0.25) is 0 Å². The van der Waals surface area contributed by atoms with Crippen LogP contribution in [0.4, 0.5) is 0 Å². The number of fused-ring (bicyclic) bond motifs is 1. The second kappa shape index (κ2) is 10.1. The van der Waals surface area contributed by atoms with E-state index in [9.17, 15) is 9.90 Å². The molecule has 0 saturated heterocycles. The van der Waals surface area contributed by atoms with Gasteiger partial charge in [-0.1, -0.05) is 26.0 Å². The number of aromatic nitrogens is 2. The van der Waals surface area contributed by atoms with Gasteiger partial charge in [0.2, 0.25) is 0 Å². The summed E-state index contributed by atoms with van der Waals surface area (Å²) in [5, 5.41) is 10.5. The lowest BCUT2D eigenvalue weighted by atomic mass is 10.2. The highest BCUT2D eigenvalue weighted by Gasteiger charge is 2.14. The van der Waals surface area contributed by atoms with Gasteiger partial charge in [0.25, 0.3) is 0 Å². The summed E-state index contributed by atoms with van der Waals surface area (Å²) in [7, 11) is 0. The van der Waals surface area contributed by atoms with Gasteiger partial charge in [0.15, 0.2) is 0 Å². The molecule has 0 saturated carbocycles. The van der Waals surface area contributed by atoms with Crippen LogP contribution in [0.25, 0.3) is 11.0 Å². The molecule has 0 fully saturated rings. The second-order valence-corrected chi connectivity index (χ2v) is 7.00. The van der Waals surface area contributed by atoms with Gasteiger partial charge in [0.1, 0.15) is 24.3 Å². The van der Waals surface area contributed by atoms with Gasteiger partial charge in [-0.2, -0.15) is 0 Å². The number of carbonyl (C=O) groups is 1. The molecule has 0 bridgehead atoms. The molecule has 3 rings (SSSR count). The molecule has 1 N–H and O–H groups in total. The highest BCUT2D eigenvalue weighted by molar-refractivity contribution is 5.89. The predicted octanol–water partition coefficient (Wildman–Crippen LogP) is 4.00. The maximum Gasteiger partial charge on any atom is 0.338 e. The lowest BCUT2D eigenvalue weighted by Crippen LogP contribution is -2.24. The van der Waals surface area contributed by atoms with Crippen LogP contribution in [0.3, 0.4) is 0 Å². The molecule has 6 nitrogen and oxygen atoms in total. The molecule has 0 unspecified atom stereocenters. The van der Waals surface area contributed by atoms with Crippen molar-refractivity contribution >= 4 is 17.0 Å². The van der Waals surface area contributed by atoms with Crippen LogP contribution < -0.4 is 4.74 Å². The van der Waals surface area contributed by atoms with Crippen molar-refractivity contribution in [3.05, 3.63) is 59.9 Å². The highest BCUT2D eigenvalue weighted by atomic mass is 16.5. The van der Waals surface area contributed by atoms with Crippen LogP contribution in [0, 0.1) is 0 Å². The zero-order valence-electron chi connectivity index (χ0n) is 17.0. The number of para-hydroxylation sites is 2. The first kappa shape index (κ1) is 20.9. The van der Waals surface area contributed by atoms with E-state index in [2.05, 4.69) is 16.5 Å². The molecule has 0 aliphatic rings. The normalized spacial score (nSPS) is 12.1. The summed E-state index contributed by atoms with van der Waals surface area (Å²) in [5.41, 5.74) is 2.44. The SMILES string of the molecule is CCCOC(=O)c1ccc(OC[C@H](O)Cn2c(CCC)nc3ccccc32)cc1. The Morgan fingerprint density at radius 1 is 1.10 bits per heavy atom. The average molecular weight is 396 g/mol. The first-order chi connectivity index (χ1) is 14.1. The first-order valence-corrected chi connectivity index (χ1v) is 10.1. The van der Waals surface area contributed by atoms with Crippen LogP contribution in [0.1, 0.15) is 42.9 Å². The van der Waals surface area contributed by atoms with Crippen LogP contribution in [-0.4, -0.2) is 39.9 Å². The fourth-order valence-electron chi connectivity index (χ4n) is 3.16. The second-order valence-electron chi connectivity index (χ2n) is 7.00. The number of aliphatic hydroxyl groups excluding tert-OH is 1. The fourth-order valence-corrected chi connectivity index (χ4v) is 3.16. The molecular formula is C23H28N2O4. The number of hydrogen-bond donors (Lipinski definition) is 1. The minimum atomic E-state index is -0.683. The topological polar surface area (TPSA) is 73.6 Å². The smallest absolute Gasteiger partial charge is 0.338 e. The van der Waals surface area contributed by atoms with E-state index in [0.29, 0.717) is 24.5 Å². The van der Waals surface area contributed by atoms with Crippen LogP contribution >= 0.6 is 0 Å². The number of carbonyl (C=O) groups excluding carboxylic acids is 1. The van der Waals surface area contributed by atoms with Gasteiger partial charge in [-0.25, -0.2) is 9.78 Å². The molecule has 0 aliphatic heterocycles. The van der Waals surface area contributed by atoms with Crippen molar-refractivity contribution in [3.8, 4) is 5.75 Å². The van der Waals surface area contributed by atoms with E-state index in [1.54, 1.807) is 24.3 Å². The van der Waals surface area contributed by atoms with Gasteiger partial charge in [0, 0.05) is 6.42 Å². The van der Waals surface area contributed by atoms with Gasteiger partial charge in [-0.15, -0.1) is 0 Å². The predicted molar refractivity (Wildman–Crippen MR) is 112 cm³/mol. The Hall–Kier alpha value is -2.86. The van der Waals surface area contributed by atoms with E-state index in [4.69, 9.17) is 9.47 Å². The monoisotopic (exact) mass is 396 g/mol. The molecular weight excluding hydrogens is 368 g/mol. The van der Waals surface area contributed by atoms with Gasteiger partial charge < -0.3 is 19.1 Å². The summed E-state index contributed by atoms with van der Waals surface area (Å²) in [5.74, 6) is 1.23. The summed E-state index contributed by atoms with van der Waals surface area (Å²) in [6.07, 6.45) is 1.95. The number of ether oxygens (including phenoxy) is 2. The third kappa shape index (κ3) is 5.35. The van der Waals surface area contributed by atoms with Crippen LogP contribution in [0.2, 0.25) is 0 Å². The van der Waals surface area contributed by atoms with E-state index < -0.39 is 6.10 Å². The molecule has 1 aromatic heterocycles. The molecule has 154 valence electrons. The summed E-state index contributed by atoms with van der Waals surface area (Å²) < 4.78 is 12.9. The Bertz CT molecular complexity index is 934. The average Bonchev–Trinajstić information content (AvgIpc) is 3.08. The van der Waals surface area contributed by atoms with Crippen LogP contribution in [0.5, 0.6) is 5.75 Å². The van der Waals surface area contributed by atoms with Crippen LogP contribution in [0.15, 0.2) is 48.5 Å². The Kier molecular flexibility index (Phi) is 7.25. The van der Waals surface area contributed by atoms with Crippen LogP contribution in [-0.2, 0) is 17.7 Å². The molecule has 0 spiro atoms. The zero-order valence-corrected chi connectivity index (χ0v) is 17.0. The number of esters is 1. The molecule has 0 amide bonds. The number of nitrogens with zero attached hydrogens (tertiary/aromatic N) is 2. The molecule has 0 aliphatic carbocycles. The Morgan fingerprint density at radius 2 is 1.86 bits per heavy atom. The van der Waals surface area contributed by atoms with Crippen molar-refractivity contribution in [1.82, 2.24) is 9.55 Å². The standard InChI is InChI=1S/C23H28N2O4/c1-3-7-22-24-20-8-5-6-9-21(20)25(22)15-18(26)16-29-19-12-10-17(11-13-19)23(27)28-14-4-2/h5-6,8-13,18,26H,3-4,7,14-16H2,1-2H3/t18-/m1/s1. The van der Waals surface area contributed by atoms with Crippen molar-refractivity contribution in [2.75, 3.05) is 13.2 Å². The number of imidazole rings is 1. The summed E-state index contributed by atoms with van der Waals surface area (Å²) >= 11 is 0. The molecule has 3 aromatic rings. The molecule has 6 heteroatoms. The maximum absolute atomic E-state index is 11.8. The minimum Gasteiger partial charge on any atom is -0.491 e. The quantitative estimate of drug-likeness (QED) is 0.525. The van der Waals surface area contributed by atoms with E-state index in [-0.39, 0.29) is 12.6 Å². The molecule has 1 heterocycles. The summed E-state index contributed by atoms with van der Waals surface area (Å²) in [4.78, 5) is 16.5. The largest absolute Gasteiger partial charge is 0.491 e. The highest BCUT2D eigenvalue weighted by Crippen LogP contribution is 2.18. The lowest BCUT2D eigenvalue weighted by molar-refractivity contribution is 0.0505. The van der Waals surface area contributed by atoms with Crippen molar-refractivity contribution in [2.24, 2.45) is 0 Å². The lowest BCUT2D eigenvalue weighted by Gasteiger charge is -2.16. The first-order valence-electron chi connectivity index (χ1n) is 10.1. The van der Waals surface area contributed by atoms with Gasteiger partial charge in [0.05, 0.1) is 29.7 Å². The number of aliphatic hydroxyl groups is 1. The van der Waals surface area contributed by atoms with Crippen molar-refractivity contribution in [1.29, 1.82) is 0 Å². The van der Waals surface area contributed by atoms with E-state index >= 15 is 0 Å². The van der Waals surface area contributed by atoms with E-state index in [1.165, 1.54) is 0 Å². The number of rotatable bonds is 10. The number of hydrogen-bond acceptors (Lipinski definition) is 5. The Labute approximate surface area is 171 Å². The summed E-state index contributed by atoms with van der Waals surface area (Å²) in [6.45, 7) is 5.04. The van der Waals surface area contributed by atoms with Crippen molar-refractivity contribution in [3.63, 3.8) is 0 Å². The van der Waals surface area contributed by atoms with Gasteiger partial charge >= 0.3 is 5.97 Å². The molecule has 29 heavy (non-hydrogen) atoms. The number of aryl methyl sites for hydroxylation is 1. The molecule has 2 aromatic carbocycles. The van der Waals surface area contributed by atoms with Crippen molar-refractivity contribution in [2.45, 2.75) is 45.8 Å². The zero-order chi connectivity index (χ0) is 20.6. The Morgan fingerprint density at radius 3 is 2.59 bits per heavy atom. The minimum absolute atomic E-state index is 0.150. The van der Waals surface area contributed by atoms with Crippen molar-refractivity contribution < 1.29 is 19.4 Å². The molecule has 0 radical (unpaired) electrons. The summed E-state index contributed by atoms with van der Waals surface area (Å²) in [6, 6.07) is 14.7.